The van der Waals surface area contributed by atoms with Crippen LogP contribution < -0.4 is 14.8 Å². The van der Waals surface area contributed by atoms with Crippen molar-refractivity contribution in [2.45, 2.75) is 37.5 Å². The fraction of sp³-hybridized carbons (Fsp3) is 0.632. The Morgan fingerprint density at radius 3 is 2.46 bits per heavy atom. The summed E-state index contributed by atoms with van der Waals surface area (Å²) in [6, 6.07) is 2.75. The third kappa shape index (κ3) is 5.36. The van der Waals surface area contributed by atoms with E-state index in [1.807, 2.05) is 0 Å². The Balaban J connectivity index is 2.30. The number of carbonyl (C=O) groups excluding carboxylic acids is 1. The maximum atomic E-state index is 13.0. The number of sulfonamides is 1. The van der Waals surface area contributed by atoms with Gasteiger partial charge in [-0.15, -0.1) is 0 Å². The normalized spacial score (nSPS) is 15.2. The van der Waals surface area contributed by atoms with Gasteiger partial charge < -0.3 is 19.5 Å². The number of methoxy groups -OCH3 is 2. The van der Waals surface area contributed by atoms with Crippen LogP contribution in [0.2, 0.25) is 0 Å². The quantitative estimate of drug-likeness (QED) is 0.589. The van der Waals surface area contributed by atoms with Crippen molar-refractivity contribution in [3.05, 3.63) is 17.7 Å². The van der Waals surface area contributed by atoms with Gasteiger partial charge in [0.1, 0.15) is 0 Å². The molecular weight excluding hydrogens is 384 g/mol. The highest BCUT2D eigenvalue weighted by atomic mass is 32.2. The van der Waals surface area contributed by atoms with Gasteiger partial charge in [-0.1, -0.05) is 26.2 Å². The lowest BCUT2D eigenvalue weighted by molar-refractivity contribution is 0.0730. The van der Waals surface area contributed by atoms with Crippen molar-refractivity contribution in [2.24, 2.45) is 0 Å². The van der Waals surface area contributed by atoms with E-state index in [4.69, 9.17) is 14.2 Å². The zero-order valence-corrected chi connectivity index (χ0v) is 17.6. The van der Waals surface area contributed by atoms with E-state index in [2.05, 4.69) is 12.2 Å². The summed E-state index contributed by atoms with van der Waals surface area (Å²) in [6.07, 6.45) is 4.12. The van der Waals surface area contributed by atoms with Crippen molar-refractivity contribution >= 4 is 15.9 Å². The van der Waals surface area contributed by atoms with Gasteiger partial charge in [0, 0.05) is 25.7 Å². The second-order valence-electron chi connectivity index (χ2n) is 6.54. The molecule has 0 aromatic heterocycles. The molecule has 8 nitrogen and oxygen atoms in total. The molecule has 0 bridgehead atoms. The lowest BCUT2D eigenvalue weighted by Gasteiger charge is -2.26. The van der Waals surface area contributed by atoms with E-state index in [0.29, 0.717) is 19.8 Å². The fourth-order valence-corrected chi connectivity index (χ4v) is 4.49. The number of carbonyl (C=O) groups is 1. The predicted molar refractivity (Wildman–Crippen MR) is 106 cm³/mol. The molecule has 1 aliphatic heterocycles. The number of nitrogens with zero attached hydrogens (tertiary/aromatic N) is 1. The van der Waals surface area contributed by atoms with Crippen molar-refractivity contribution in [1.29, 1.82) is 0 Å². The summed E-state index contributed by atoms with van der Waals surface area (Å²) >= 11 is 0. The predicted octanol–water partition coefficient (Wildman–Crippen LogP) is 2.03. The zero-order valence-electron chi connectivity index (χ0n) is 16.8. The van der Waals surface area contributed by atoms with Gasteiger partial charge in [0.25, 0.3) is 5.91 Å². The Hall–Kier alpha value is -1.84. The molecule has 158 valence electrons. The lowest BCUT2D eigenvalue weighted by atomic mass is 10.1. The van der Waals surface area contributed by atoms with Crippen LogP contribution in [0, 0.1) is 0 Å². The van der Waals surface area contributed by atoms with Gasteiger partial charge in [0.2, 0.25) is 10.0 Å². The summed E-state index contributed by atoms with van der Waals surface area (Å²) in [5, 5.41) is 2.84. The highest BCUT2D eigenvalue weighted by Gasteiger charge is 2.30. The Labute approximate surface area is 167 Å². The third-order valence-corrected chi connectivity index (χ3v) is 6.50. The molecule has 0 saturated carbocycles. The van der Waals surface area contributed by atoms with Crippen molar-refractivity contribution in [3.63, 3.8) is 0 Å². The number of benzene rings is 1. The molecule has 1 aromatic rings. The van der Waals surface area contributed by atoms with Crippen LogP contribution in [0.15, 0.2) is 17.0 Å². The summed E-state index contributed by atoms with van der Waals surface area (Å²) in [4.78, 5) is 12.7. The lowest BCUT2D eigenvalue weighted by Crippen LogP contribution is -2.40. The van der Waals surface area contributed by atoms with Gasteiger partial charge >= 0.3 is 0 Å². The molecule has 1 saturated heterocycles. The van der Waals surface area contributed by atoms with Crippen LogP contribution >= 0.6 is 0 Å². The second-order valence-corrected chi connectivity index (χ2v) is 8.48. The Kier molecular flexibility index (Phi) is 8.53. The second kappa shape index (κ2) is 10.6. The first-order valence-corrected chi connectivity index (χ1v) is 11.0. The van der Waals surface area contributed by atoms with E-state index in [1.54, 1.807) is 0 Å². The van der Waals surface area contributed by atoms with Crippen LogP contribution in [0.5, 0.6) is 11.5 Å². The minimum absolute atomic E-state index is 0.00295. The van der Waals surface area contributed by atoms with Crippen molar-refractivity contribution in [3.8, 4) is 11.5 Å². The van der Waals surface area contributed by atoms with E-state index in [1.165, 1.54) is 30.7 Å². The number of hydrogen-bond acceptors (Lipinski definition) is 6. The molecule has 0 spiro atoms. The van der Waals surface area contributed by atoms with Crippen molar-refractivity contribution in [2.75, 3.05) is 47.1 Å². The molecule has 28 heavy (non-hydrogen) atoms. The molecule has 2 rings (SSSR count). The molecule has 1 aromatic carbocycles. The van der Waals surface area contributed by atoms with Gasteiger partial charge in [-0.3, -0.25) is 4.79 Å². The highest BCUT2D eigenvalue weighted by Crippen LogP contribution is 2.35. The van der Waals surface area contributed by atoms with E-state index in [0.717, 1.165) is 25.7 Å². The van der Waals surface area contributed by atoms with Gasteiger partial charge in [0.05, 0.1) is 37.9 Å². The van der Waals surface area contributed by atoms with Crippen LogP contribution in [-0.4, -0.2) is 65.7 Å². The van der Waals surface area contributed by atoms with E-state index in [9.17, 15) is 13.2 Å². The van der Waals surface area contributed by atoms with E-state index in [-0.39, 0.29) is 41.0 Å². The monoisotopic (exact) mass is 414 g/mol. The molecule has 1 fully saturated rings. The molecule has 0 aliphatic carbocycles. The molecule has 1 aliphatic rings. The maximum absolute atomic E-state index is 13.0. The van der Waals surface area contributed by atoms with Crippen LogP contribution in [0.25, 0.3) is 0 Å². The van der Waals surface area contributed by atoms with Crippen LogP contribution in [-0.2, 0) is 14.8 Å². The minimum Gasteiger partial charge on any atom is -0.493 e. The summed E-state index contributed by atoms with van der Waals surface area (Å²) in [7, 11) is -0.936. The topological polar surface area (TPSA) is 94.2 Å². The van der Waals surface area contributed by atoms with E-state index < -0.39 is 10.0 Å². The number of unbranched alkanes of at least 4 members (excludes halogenated alkanes) is 3. The number of nitrogens with one attached hydrogen (secondary N) is 1. The molecule has 0 atom stereocenters. The van der Waals surface area contributed by atoms with E-state index >= 15 is 0 Å². The number of rotatable bonds is 10. The van der Waals surface area contributed by atoms with Crippen LogP contribution in [0.4, 0.5) is 0 Å². The molecule has 0 radical (unpaired) electrons. The summed E-state index contributed by atoms with van der Waals surface area (Å²) < 4.78 is 43.2. The first-order valence-electron chi connectivity index (χ1n) is 9.57. The van der Waals surface area contributed by atoms with Crippen LogP contribution in [0.3, 0.4) is 0 Å². The fourth-order valence-electron chi connectivity index (χ4n) is 3.04. The highest BCUT2D eigenvalue weighted by molar-refractivity contribution is 7.89. The molecule has 1 amide bonds. The summed E-state index contributed by atoms with van der Waals surface area (Å²) in [6.45, 7) is 3.88. The largest absolute Gasteiger partial charge is 0.493 e. The molecule has 0 unspecified atom stereocenters. The molecule has 1 N–H and O–H groups in total. The van der Waals surface area contributed by atoms with Gasteiger partial charge in [-0.05, 0) is 12.5 Å². The summed E-state index contributed by atoms with van der Waals surface area (Å²) in [5.41, 5.74) is 0.143. The first kappa shape index (κ1) is 22.4. The third-order valence-electron chi connectivity index (χ3n) is 4.62. The Morgan fingerprint density at radius 1 is 1.14 bits per heavy atom. The number of ether oxygens (including phenoxy) is 3. The zero-order chi connectivity index (χ0) is 20.6. The minimum atomic E-state index is -3.77. The SMILES string of the molecule is CCCCCCNC(=O)c1cc(S(=O)(=O)N2CCOCC2)cc(OC)c1OC. The Morgan fingerprint density at radius 2 is 1.86 bits per heavy atom. The smallest absolute Gasteiger partial charge is 0.255 e. The Bertz CT molecular complexity index is 760. The number of morpholine rings is 1. The van der Waals surface area contributed by atoms with Gasteiger partial charge in [-0.2, -0.15) is 4.31 Å². The number of amides is 1. The first-order chi connectivity index (χ1) is 13.5. The van der Waals surface area contributed by atoms with Crippen molar-refractivity contribution in [1.82, 2.24) is 9.62 Å². The maximum Gasteiger partial charge on any atom is 0.255 e. The summed E-state index contributed by atoms with van der Waals surface area (Å²) in [5.74, 6) is 0.0353. The number of hydrogen-bond donors (Lipinski definition) is 1. The molecular formula is C19H30N2O6S. The van der Waals surface area contributed by atoms with Crippen LogP contribution in [0.1, 0.15) is 43.0 Å². The molecule has 9 heteroatoms. The average Bonchev–Trinajstić information content (AvgIpc) is 2.72. The standard InChI is InChI=1S/C19H30N2O6S/c1-4-5-6-7-8-20-19(22)16-13-15(14-17(25-2)18(16)26-3)28(23,24)21-9-11-27-12-10-21/h13-14H,4-12H2,1-3H3,(H,20,22). The van der Waals surface area contributed by atoms with Gasteiger partial charge in [-0.25, -0.2) is 8.42 Å². The van der Waals surface area contributed by atoms with Gasteiger partial charge in [0.15, 0.2) is 11.5 Å². The van der Waals surface area contributed by atoms with Crippen molar-refractivity contribution < 1.29 is 27.4 Å². The molecule has 1 heterocycles. The average molecular weight is 415 g/mol.